The third-order valence-electron chi connectivity index (χ3n) is 2.18. The second kappa shape index (κ2) is 5.01. The number of benzene rings is 1. The molecule has 0 fully saturated rings. The molecular weight excluding hydrogens is 243 g/mol. The molecule has 0 aliphatic carbocycles. The zero-order chi connectivity index (χ0) is 12.3. The minimum absolute atomic E-state index is 0.143. The van der Waals surface area contributed by atoms with Crippen LogP contribution in [0.3, 0.4) is 0 Å². The molecule has 3 nitrogen and oxygen atoms in total. The molecule has 1 N–H and O–H groups in total. The maximum absolute atomic E-state index is 13.2. The summed E-state index contributed by atoms with van der Waals surface area (Å²) in [6.07, 6.45) is 1.46. The largest absolute Gasteiger partial charge is 0.495 e. The van der Waals surface area contributed by atoms with Crippen LogP contribution in [0.25, 0.3) is 0 Å². The topological polar surface area (TPSA) is 34.1 Å². The molecule has 1 heterocycles. The highest BCUT2D eigenvalue weighted by atomic mass is 35.5. The molecule has 0 saturated carbocycles. The highest BCUT2D eigenvalue weighted by Gasteiger charge is 2.05. The summed E-state index contributed by atoms with van der Waals surface area (Å²) in [5.74, 6) is 0.106. The summed E-state index contributed by atoms with van der Waals surface area (Å²) in [7, 11) is 1.57. The number of para-hydroxylation sites is 2. The van der Waals surface area contributed by atoms with E-state index in [0.717, 1.165) is 5.69 Å². The molecule has 0 atom stereocenters. The van der Waals surface area contributed by atoms with Gasteiger partial charge in [-0.15, -0.1) is 0 Å². The minimum Gasteiger partial charge on any atom is -0.495 e. The smallest absolute Gasteiger partial charge is 0.164 e. The van der Waals surface area contributed by atoms with E-state index in [2.05, 4.69) is 10.3 Å². The average molecular weight is 253 g/mol. The van der Waals surface area contributed by atoms with Gasteiger partial charge in [-0.1, -0.05) is 23.7 Å². The van der Waals surface area contributed by atoms with E-state index in [4.69, 9.17) is 16.3 Å². The van der Waals surface area contributed by atoms with Crippen LogP contribution >= 0.6 is 11.6 Å². The quantitative estimate of drug-likeness (QED) is 0.847. The predicted octanol–water partition coefficient (Wildman–Crippen LogP) is 3.63. The van der Waals surface area contributed by atoms with Crippen molar-refractivity contribution >= 4 is 23.0 Å². The molecular formula is C12H10ClFN2O. The van der Waals surface area contributed by atoms with Gasteiger partial charge in [0.1, 0.15) is 5.75 Å². The Morgan fingerprint density at radius 2 is 2.12 bits per heavy atom. The molecule has 1 aromatic carbocycles. The predicted molar refractivity (Wildman–Crippen MR) is 65.5 cm³/mol. The number of anilines is 2. The third-order valence-corrected chi connectivity index (χ3v) is 2.46. The Morgan fingerprint density at radius 1 is 1.35 bits per heavy atom. The molecule has 2 aromatic rings. The molecule has 0 saturated heterocycles. The van der Waals surface area contributed by atoms with E-state index in [1.165, 1.54) is 12.3 Å². The average Bonchev–Trinajstić information content (AvgIpc) is 2.34. The molecule has 0 aliphatic rings. The van der Waals surface area contributed by atoms with E-state index < -0.39 is 5.82 Å². The van der Waals surface area contributed by atoms with Crippen molar-refractivity contribution in [1.82, 2.24) is 4.98 Å². The number of halogens is 2. The standard InChI is InChI=1S/C12H10ClFN2O/c1-17-11-5-3-2-4-10(11)16-8-6-9(14)12(13)15-7-8/h2-7,16H,1H3. The van der Waals surface area contributed by atoms with Gasteiger partial charge in [-0.3, -0.25) is 0 Å². The van der Waals surface area contributed by atoms with Gasteiger partial charge in [0, 0.05) is 6.07 Å². The van der Waals surface area contributed by atoms with Gasteiger partial charge in [-0.05, 0) is 12.1 Å². The Hall–Kier alpha value is -1.81. The number of nitrogens with zero attached hydrogens (tertiary/aromatic N) is 1. The molecule has 0 bridgehead atoms. The van der Waals surface area contributed by atoms with E-state index in [1.54, 1.807) is 7.11 Å². The van der Waals surface area contributed by atoms with Crippen LogP contribution in [0.5, 0.6) is 5.75 Å². The van der Waals surface area contributed by atoms with Crippen LogP contribution in [0.15, 0.2) is 36.5 Å². The van der Waals surface area contributed by atoms with Crippen molar-refractivity contribution < 1.29 is 9.13 Å². The van der Waals surface area contributed by atoms with Gasteiger partial charge in [-0.25, -0.2) is 9.37 Å². The van der Waals surface area contributed by atoms with Crippen LogP contribution in [0, 0.1) is 5.82 Å². The third kappa shape index (κ3) is 2.65. The van der Waals surface area contributed by atoms with Crippen LogP contribution in [0.2, 0.25) is 5.15 Å². The molecule has 0 radical (unpaired) electrons. The van der Waals surface area contributed by atoms with Gasteiger partial charge in [0.25, 0.3) is 0 Å². The van der Waals surface area contributed by atoms with E-state index in [9.17, 15) is 4.39 Å². The Kier molecular flexibility index (Phi) is 3.44. The first-order valence-electron chi connectivity index (χ1n) is 4.92. The second-order valence-electron chi connectivity index (χ2n) is 3.32. The number of nitrogens with one attached hydrogen (secondary N) is 1. The Balaban J connectivity index is 2.28. The van der Waals surface area contributed by atoms with Crippen molar-refractivity contribution in [2.75, 3.05) is 12.4 Å². The zero-order valence-electron chi connectivity index (χ0n) is 9.08. The van der Waals surface area contributed by atoms with E-state index >= 15 is 0 Å². The van der Waals surface area contributed by atoms with Gasteiger partial charge in [0.15, 0.2) is 11.0 Å². The number of pyridine rings is 1. The number of methoxy groups -OCH3 is 1. The first-order chi connectivity index (χ1) is 8.20. The van der Waals surface area contributed by atoms with Crippen LogP contribution in [-0.4, -0.2) is 12.1 Å². The Bertz CT molecular complexity index is 534. The van der Waals surface area contributed by atoms with Gasteiger partial charge in [0.05, 0.1) is 24.7 Å². The van der Waals surface area contributed by atoms with E-state index in [-0.39, 0.29) is 5.15 Å². The lowest BCUT2D eigenvalue weighted by atomic mass is 10.3. The number of ether oxygens (including phenoxy) is 1. The van der Waals surface area contributed by atoms with Crippen LogP contribution in [-0.2, 0) is 0 Å². The number of aromatic nitrogens is 1. The summed E-state index contributed by atoms with van der Waals surface area (Å²) in [5, 5.41) is 2.86. The SMILES string of the molecule is COc1ccccc1Nc1cnc(Cl)c(F)c1. The first kappa shape index (κ1) is 11.7. The molecule has 0 aliphatic heterocycles. The lowest BCUT2D eigenvalue weighted by Crippen LogP contribution is -1.96. The van der Waals surface area contributed by atoms with Crippen molar-refractivity contribution in [2.45, 2.75) is 0 Å². The normalized spacial score (nSPS) is 10.1. The molecule has 1 aromatic heterocycles. The maximum Gasteiger partial charge on any atom is 0.164 e. The summed E-state index contributed by atoms with van der Waals surface area (Å²) >= 11 is 5.50. The lowest BCUT2D eigenvalue weighted by Gasteiger charge is -2.10. The lowest BCUT2D eigenvalue weighted by molar-refractivity contribution is 0.417. The highest BCUT2D eigenvalue weighted by Crippen LogP contribution is 2.27. The number of hydrogen-bond donors (Lipinski definition) is 1. The Morgan fingerprint density at radius 3 is 2.82 bits per heavy atom. The summed E-state index contributed by atoms with van der Waals surface area (Å²) < 4.78 is 18.4. The first-order valence-corrected chi connectivity index (χ1v) is 5.29. The van der Waals surface area contributed by atoms with Crippen molar-refractivity contribution in [2.24, 2.45) is 0 Å². The monoisotopic (exact) mass is 252 g/mol. The molecule has 0 spiro atoms. The van der Waals surface area contributed by atoms with Gasteiger partial charge in [-0.2, -0.15) is 0 Å². The van der Waals surface area contributed by atoms with Crippen molar-refractivity contribution in [1.29, 1.82) is 0 Å². The second-order valence-corrected chi connectivity index (χ2v) is 3.68. The van der Waals surface area contributed by atoms with Gasteiger partial charge in [0.2, 0.25) is 0 Å². The molecule has 0 unspecified atom stereocenters. The van der Waals surface area contributed by atoms with Crippen molar-refractivity contribution in [3.8, 4) is 5.75 Å². The van der Waals surface area contributed by atoms with Gasteiger partial charge >= 0.3 is 0 Å². The molecule has 5 heteroatoms. The number of rotatable bonds is 3. The summed E-state index contributed by atoms with van der Waals surface area (Å²) in [6, 6.07) is 8.62. The molecule has 17 heavy (non-hydrogen) atoms. The Labute approximate surface area is 103 Å². The van der Waals surface area contributed by atoms with E-state index in [1.807, 2.05) is 24.3 Å². The van der Waals surface area contributed by atoms with Crippen molar-refractivity contribution in [3.05, 3.63) is 47.5 Å². The molecule has 0 amide bonds. The molecule has 88 valence electrons. The van der Waals surface area contributed by atoms with Crippen molar-refractivity contribution in [3.63, 3.8) is 0 Å². The fraction of sp³-hybridized carbons (Fsp3) is 0.0833. The van der Waals surface area contributed by atoms with Crippen LogP contribution < -0.4 is 10.1 Å². The summed E-state index contributed by atoms with van der Waals surface area (Å²) in [4.78, 5) is 3.72. The van der Waals surface area contributed by atoms with Crippen LogP contribution in [0.1, 0.15) is 0 Å². The fourth-order valence-corrected chi connectivity index (χ4v) is 1.50. The van der Waals surface area contributed by atoms with E-state index in [0.29, 0.717) is 11.4 Å². The fourth-order valence-electron chi connectivity index (χ4n) is 1.39. The van der Waals surface area contributed by atoms with Crippen LogP contribution in [0.4, 0.5) is 15.8 Å². The summed E-state index contributed by atoms with van der Waals surface area (Å²) in [5.41, 5.74) is 1.25. The highest BCUT2D eigenvalue weighted by molar-refractivity contribution is 6.29. The summed E-state index contributed by atoms with van der Waals surface area (Å²) in [6.45, 7) is 0. The molecule has 2 rings (SSSR count). The minimum atomic E-state index is -0.563. The van der Waals surface area contributed by atoms with Gasteiger partial charge < -0.3 is 10.1 Å². The number of hydrogen-bond acceptors (Lipinski definition) is 3. The maximum atomic E-state index is 13.2. The zero-order valence-corrected chi connectivity index (χ0v) is 9.83.